The predicted molar refractivity (Wildman–Crippen MR) is 82.7 cm³/mol. The SMILES string of the molecule is CC1CCCN(CC2CSc3ccccc32)C1CN. The van der Waals surface area contributed by atoms with Gasteiger partial charge < -0.3 is 5.73 Å². The maximum atomic E-state index is 6.01. The van der Waals surface area contributed by atoms with Gasteiger partial charge in [-0.3, -0.25) is 4.90 Å². The molecule has 0 spiro atoms. The first kappa shape index (κ1) is 13.5. The van der Waals surface area contributed by atoms with E-state index in [1.165, 1.54) is 36.6 Å². The van der Waals surface area contributed by atoms with E-state index in [0.29, 0.717) is 12.0 Å². The van der Waals surface area contributed by atoms with E-state index in [4.69, 9.17) is 5.73 Å². The number of likely N-dealkylation sites (tertiary alicyclic amines) is 1. The van der Waals surface area contributed by atoms with Gasteiger partial charge in [0.15, 0.2) is 0 Å². The van der Waals surface area contributed by atoms with Gasteiger partial charge in [0.1, 0.15) is 0 Å². The molecule has 3 atom stereocenters. The van der Waals surface area contributed by atoms with Crippen LogP contribution in [0.3, 0.4) is 0 Å². The van der Waals surface area contributed by atoms with Crippen molar-refractivity contribution >= 4 is 11.8 Å². The van der Waals surface area contributed by atoms with Crippen LogP contribution in [0.5, 0.6) is 0 Å². The van der Waals surface area contributed by atoms with Gasteiger partial charge in [-0.15, -0.1) is 11.8 Å². The largest absolute Gasteiger partial charge is 0.329 e. The highest BCUT2D eigenvalue weighted by Gasteiger charge is 2.31. The Bertz CT molecular complexity index is 435. The van der Waals surface area contributed by atoms with Crippen LogP contribution in [-0.2, 0) is 0 Å². The molecular weight excluding hydrogens is 252 g/mol. The van der Waals surface area contributed by atoms with Crippen LogP contribution in [0.25, 0.3) is 0 Å². The standard InChI is InChI=1S/C16H24N2S/c1-12-5-4-8-18(15(12)9-17)10-13-11-19-16-7-3-2-6-14(13)16/h2-3,6-7,12-13,15H,4-5,8-11,17H2,1H3. The van der Waals surface area contributed by atoms with Crippen molar-refractivity contribution in [2.45, 2.75) is 36.6 Å². The van der Waals surface area contributed by atoms with E-state index in [1.54, 1.807) is 5.56 Å². The Labute approximate surface area is 120 Å². The molecule has 2 N–H and O–H groups in total. The van der Waals surface area contributed by atoms with Crippen LogP contribution in [-0.4, -0.2) is 36.3 Å². The summed E-state index contributed by atoms with van der Waals surface area (Å²) in [6, 6.07) is 9.49. The Hall–Kier alpha value is -0.510. The predicted octanol–water partition coefficient (Wildman–Crippen LogP) is 2.94. The van der Waals surface area contributed by atoms with Crippen LogP contribution in [0.15, 0.2) is 29.2 Å². The lowest BCUT2D eigenvalue weighted by Crippen LogP contribution is -2.49. The summed E-state index contributed by atoms with van der Waals surface area (Å²) in [6.07, 6.45) is 2.67. The molecule has 19 heavy (non-hydrogen) atoms. The lowest BCUT2D eigenvalue weighted by molar-refractivity contribution is 0.102. The molecule has 0 amide bonds. The highest BCUT2D eigenvalue weighted by atomic mass is 32.2. The lowest BCUT2D eigenvalue weighted by atomic mass is 9.89. The van der Waals surface area contributed by atoms with Crippen LogP contribution in [0.4, 0.5) is 0 Å². The number of hydrogen-bond donors (Lipinski definition) is 1. The Kier molecular flexibility index (Phi) is 4.15. The zero-order valence-electron chi connectivity index (χ0n) is 11.7. The van der Waals surface area contributed by atoms with E-state index in [-0.39, 0.29) is 0 Å². The first-order valence-electron chi connectivity index (χ1n) is 7.45. The zero-order valence-corrected chi connectivity index (χ0v) is 12.5. The number of benzene rings is 1. The molecule has 2 aliphatic heterocycles. The number of nitrogens with zero attached hydrogens (tertiary/aromatic N) is 1. The van der Waals surface area contributed by atoms with Crippen LogP contribution < -0.4 is 5.73 Å². The average molecular weight is 276 g/mol. The molecule has 3 heteroatoms. The van der Waals surface area contributed by atoms with Crippen LogP contribution >= 0.6 is 11.8 Å². The summed E-state index contributed by atoms with van der Waals surface area (Å²) in [6.45, 7) is 5.59. The van der Waals surface area contributed by atoms with E-state index >= 15 is 0 Å². The van der Waals surface area contributed by atoms with Gasteiger partial charge in [0, 0.05) is 35.7 Å². The monoisotopic (exact) mass is 276 g/mol. The van der Waals surface area contributed by atoms with E-state index in [2.05, 4.69) is 36.1 Å². The molecule has 0 radical (unpaired) electrons. The molecule has 104 valence electrons. The third-order valence-corrected chi connectivity index (χ3v) is 5.98. The number of fused-ring (bicyclic) bond motifs is 1. The minimum atomic E-state index is 0.589. The van der Waals surface area contributed by atoms with Gasteiger partial charge in [-0.1, -0.05) is 25.1 Å². The second kappa shape index (κ2) is 5.86. The molecule has 0 bridgehead atoms. The second-order valence-electron chi connectivity index (χ2n) is 5.96. The van der Waals surface area contributed by atoms with E-state index in [9.17, 15) is 0 Å². The number of thioether (sulfide) groups is 1. The van der Waals surface area contributed by atoms with Crippen LogP contribution in [0, 0.1) is 5.92 Å². The summed E-state index contributed by atoms with van der Waals surface area (Å²) in [5.41, 5.74) is 7.56. The highest BCUT2D eigenvalue weighted by Crippen LogP contribution is 2.40. The molecule has 0 saturated carbocycles. The van der Waals surface area contributed by atoms with Crippen molar-refractivity contribution in [1.29, 1.82) is 0 Å². The Morgan fingerprint density at radius 1 is 1.37 bits per heavy atom. The van der Waals surface area contributed by atoms with Crippen molar-refractivity contribution in [3.05, 3.63) is 29.8 Å². The van der Waals surface area contributed by atoms with E-state index < -0.39 is 0 Å². The molecule has 1 aromatic rings. The summed E-state index contributed by atoms with van der Waals surface area (Å²) < 4.78 is 0. The molecule has 3 unspecified atom stereocenters. The van der Waals surface area contributed by atoms with Crippen molar-refractivity contribution in [2.24, 2.45) is 11.7 Å². The van der Waals surface area contributed by atoms with Gasteiger partial charge in [-0.2, -0.15) is 0 Å². The first-order chi connectivity index (χ1) is 9.29. The van der Waals surface area contributed by atoms with Crippen molar-refractivity contribution in [3.8, 4) is 0 Å². The molecule has 0 aliphatic carbocycles. The first-order valence-corrected chi connectivity index (χ1v) is 8.44. The van der Waals surface area contributed by atoms with Gasteiger partial charge in [0.25, 0.3) is 0 Å². The molecule has 1 fully saturated rings. The Balaban J connectivity index is 1.72. The normalized spacial score (nSPS) is 31.4. The third-order valence-electron chi connectivity index (χ3n) is 4.73. The molecule has 1 saturated heterocycles. The van der Waals surface area contributed by atoms with Gasteiger partial charge >= 0.3 is 0 Å². The van der Waals surface area contributed by atoms with Crippen molar-refractivity contribution in [2.75, 3.05) is 25.4 Å². The number of rotatable bonds is 3. The molecule has 0 aromatic heterocycles. The number of hydrogen-bond acceptors (Lipinski definition) is 3. The Morgan fingerprint density at radius 3 is 3.05 bits per heavy atom. The summed E-state index contributed by atoms with van der Waals surface area (Å²) >= 11 is 2.02. The second-order valence-corrected chi connectivity index (χ2v) is 7.03. The number of piperidine rings is 1. The lowest BCUT2D eigenvalue weighted by Gasteiger charge is -2.40. The quantitative estimate of drug-likeness (QED) is 0.920. The minimum Gasteiger partial charge on any atom is -0.329 e. The average Bonchev–Trinajstić information content (AvgIpc) is 2.83. The minimum absolute atomic E-state index is 0.589. The molecule has 1 aromatic carbocycles. The third kappa shape index (κ3) is 2.69. The Morgan fingerprint density at radius 2 is 2.21 bits per heavy atom. The van der Waals surface area contributed by atoms with Gasteiger partial charge in [-0.05, 0) is 36.9 Å². The molecule has 2 nitrogen and oxygen atoms in total. The highest BCUT2D eigenvalue weighted by molar-refractivity contribution is 7.99. The summed E-state index contributed by atoms with van der Waals surface area (Å²) in [5, 5.41) is 0. The fourth-order valence-corrected chi connectivity index (χ4v) is 4.85. The smallest absolute Gasteiger partial charge is 0.0244 e. The van der Waals surface area contributed by atoms with Crippen molar-refractivity contribution in [1.82, 2.24) is 4.90 Å². The van der Waals surface area contributed by atoms with Gasteiger partial charge in [-0.25, -0.2) is 0 Å². The van der Waals surface area contributed by atoms with Gasteiger partial charge in [0.2, 0.25) is 0 Å². The summed E-state index contributed by atoms with van der Waals surface area (Å²) in [7, 11) is 0. The maximum absolute atomic E-state index is 6.01. The molecular formula is C16H24N2S. The van der Waals surface area contributed by atoms with E-state index in [1.807, 2.05) is 11.8 Å². The van der Waals surface area contributed by atoms with Gasteiger partial charge in [0.05, 0.1) is 0 Å². The number of nitrogens with two attached hydrogens (primary N) is 1. The van der Waals surface area contributed by atoms with Crippen molar-refractivity contribution in [3.63, 3.8) is 0 Å². The maximum Gasteiger partial charge on any atom is 0.0244 e. The summed E-state index contributed by atoms with van der Waals surface area (Å²) in [5.74, 6) is 2.69. The topological polar surface area (TPSA) is 29.3 Å². The van der Waals surface area contributed by atoms with Crippen LogP contribution in [0.2, 0.25) is 0 Å². The summed E-state index contributed by atoms with van der Waals surface area (Å²) in [4.78, 5) is 4.14. The molecule has 3 rings (SSSR count). The fraction of sp³-hybridized carbons (Fsp3) is 0.625. The zero-order chi connectivity index (χ0) is 13.2. The molecule has 2 heterocycles. The molecule has 2 aliphatic rings. The fourth-order valence-electron chi connectivity index (χ4n) is 3.61. The van der Waals surface area contributed by atoms with E-state index in [0.717, 1.165) is 12.5 Å². The van der Waals surface area contributed by atoms with Crippen LogP contribution in [0.1, 0.15) is 31.2 Å². The van der Waals surface area contributed by atoms with Crippen molar-refractivity contribution < 1.29 is 0 Å².